The highest BCUT2D eigenvalue weighted by atomic mass is 32.2. The average Bonchev–Trinajstić information content (AvgIpc) is 3.54. The third-order valence-corrected chi connectivity index (χ3v) is 7.83. The van der Waals surface area contributed by atoms with Crippen LogP contribution in [0.3, 0.4) is 0 Å². The summed E-state index contributed by atoms with van der Waals surface area (Å²) < 4.78 is 40.7. The van der Waals surface area contributed by atoms with Crippen molar-refractivity contribution in [2.75, 3.05) is 32.7 Å². The van der Waals surface area contributed by atoms with Crippen LogP contribution in [-0.2, 0) is 14.8 Å². The highest BCUT2D eigenvalue weighted by Crippen LogP contribution is 2.34. The van der Waals surface area contributed by atoms with Crippen LogP contribution in [0.4, 0.5) is 4.39 Å². The number of rotatable bonds is 6. The van der Waals surface area contributed by atoms with Crippen molar-refractivity contribution in [2.45, 2.75) is 49.5 Å². The van der Waals surface area contributed by atoms with E-state index in [4.69, 9.17) is 0 Å². The van der Waals surface area contributed by atoms with Gasteiger partial charge >= 0.3 is 0 Å². The van der Waals surface area contributed by atoms with E-state index in [9.17, 15) is 17.6 Å². The highest BCUT2D eigenvalue weighted by molar-refractivity contribution is 7.89. The van der Waals surface area contributed by atoms with E-state index in [1.807, 2.05) is 9.80 Å². The topological polar surface area (TPSA) is 60.9 Å². The summed E-state index contributed by atoms with van der Waals surface area (Å²) in [7, 11) is -3.85. The molecule has 1 aromatic carbocycles. The van der Waals surface area contributed by atoms with Crippen LogP contribution in [0.5, 0.6) is 0 Å². The SMILES string of the molecule is O=C(CN1CCN(S(=O)(=O)c2ccccc2F)CC1)N(C1=CCCCC1)C1CC1. The molecule has 1 saturated carbocycles. The zero-order chi connectivity index (χ0) is 20.4. The van der Waals surface area contributed by atoms with Crippen LogP contribution < -0.4 is 0 Å². The maximum atomic E-state index is 14.0. The van der Waals surface area contributed by atoms with Gasteiger partial charge in [-0.3, -0.25) is 9.69 Å². The van der Waals surface area contributed by atoms with Gasteiger partial charge in [0, 0.05) is 37.9 Å². The van der Waals surface area contributed by atoms with E-state index in [0.717, 1.165) is 38.2 Å². The highest BCUT2D eigenvalue weighted by Gasteiger charge is 2.36. The van der Waals surface area contributed by atoms with Gasteiger partial charge in [-0.25, -0.2) is 12.8 Å². The molecule has 0 N–H and O–H groups in total. The van der Waals surface area contributed by atoms with Crippen molar-refractivity contribution in [3.05, 3.63) is 41.9 Å². The summed E-state index contributed by atoms with van der Waals surface area (Å²) in [6.45, 7) is 1.77. The molecule has 1 amide bonds. The van der Waals surface area contributed by atoms with E-state index in [1.165, 1.54) is 34.6 Å². The van der Waals surface area contributed by atoms with Gasteiger partial charge in [-0.1, -0.05) is 18.2 Å². The summed E-state index contributed by atoms with van der Waals surface area (Å²) in [5.41, 5.74) is 1.17. The Morgan fingerprint density at radius 2 is 1.83 bits per heavy atom. The number of halogens is 1. The predicted octanol–water partition coefficient (Wildman–Crippen LogP) is 2.58. The second kappa shape index (κ2) is 8.53. The van der Waals surface area contributed by atoms with Gasteiger partial charge in [0.1, 0.15) is 10.7 Å². The van der Waals surface area contributed by atoms with Crippen molar-refractivity contribution in [2.24, 2.45) is 0 Å². The lowest BCUT2D eigenvalue weighted by atomic mass is 10.0. The lowest BCUT2D eigenvalue weighted by Crippen LogP contribution is -2.51. The first kappa shape index (κ1) is 20.5. The molecule has 2 fully saturated rings. The number of carbonyl (C=O) groups is 1. The van der Waals surface area contributed by atoms with Crippen LogP contribution in [0.1, 0.15) is 38.5 Å². The third-order valence-electron chi connectivity index (χ3n) is 5.90. The number of allylic oxidation sites excluding steroid dienone is 2. The van der Waals surface area contributed by atoms with Crippen LogP contribution in [0.2, 0.25) is 0 Å². The molecular formula is C21H28FN3O3S. The molecular weight excluding hydrogens is 393 g/mol. The first-order chi connectivity index (χ1) is 14.0. The molecule has 1 saturated heterocycles. The fraction of sp³-hybridized carbons (Fsp3) is 0.571. The summed E-state index contributed by atoms with van der Waals surface area (Å²) in [4.78, 5) is 16.7. The molecule has 4 rings (SSSR count). The Labute approximate surface area is 172 Å². The van der Waals surface area contributed by atoms with Crippen molar-refractivity contribution in [1.82, 2.24) is 14.1 Å². The van der Waals surface area contributed by atoms with Gasteiger partial charge in [-0.15, -0.1) is 0 Å². The Kier molecular flexibility index (Phi) is 6.03. The van der Waals surface area contributed by atoms with E-state index < -0.39 is 15.8 Å². The summed E-state index contributed by atoms with van der Waals surface area (Å²) in [5.74, 6) is -0.614. The van der Waals surface area contributed by atoms with Crippen molar-refractivity contribution in [1.29, 1.82) is 0 Å². The summed E-state index contributed by atoms with van der Waals surface area (Å²) in [6.07, 6.45) is 8.67. The zero-order valence-corrected chi connectivity index (χ0v) is 17.4. The maximum absolute atomic E-state index is 14.0. The standard InChI is InChI=1S/C21H28FN3O3S/c22-19-8-4-5-9-20(19)29(27,28)24-14-12-23(13-15-24)16-21(26)25(18-10-11-18)17-6-2-1-3-7-17/h4-6,8-9,18H,1-3,7,10-16H2. The average molecular weight is 422 g/mol. The molecule has 3 aliphatic rings. The maximum Gasteiger partial charge on any atom is 0.246 e. The van der Waals surface area contributed by atoms with E-state index >= 15 is 0 Å². The first-order valence-corrected chi connectivity index (χ1v) is 11.9. The van der Waals surface area contributed by atoms with Crippen molar-refractivity contribution >= 4 is 15.9 Å². The fourth-order valence-corrected chi connectivity index (χ4v) is 5.65. The molecule has 8 heteroatoms. The number of hydrogen-bond acceptors (Lipinski definition) is 4. The monoisotopic (exact) mass is 421 g/mol. The van der Waals surface area contributed by atoms with Gasteiger partial charge in [0.25, 0.3) is 0 Å². The molecule has 0 bridgehead atoms. The second-order valence-corrected chi connectivity index (χ2v) is 9.95. The summed E-state index contributed by atoms with van der Waals surface area (Å²) in [5, 5.41) is 0. The molecule has 158 valence electrons. The summed E-state index contributed by atoms with van der Waals surface area (Å²) >= 11 is 0. The molecule has 6 nitrogen and oxygen atoms in total. The van der Waals surface area contributed by atoms with Gasteiger partial charge in [-0.05, 0) is 50.7 Å². The van der Waals surface area contributed by atoms with Crippen LogP contribution in [0, 0.1) is 5.82 Å². The molecule has 0 aromatic heterocycles. The number of nitrogens with zero attached hydrogens (tertiary/aromatic N) is 3. The minimum Gasteiger partial charge on any atom is -0.312 e. The van der Waals surface area contributed by atoms with Gasteiger partial charge in [-0.2, -0.15) is 4.31 Å². The minimum absolute atomic E-state index is 0.117. The molecule has 2 aliphatic carbocycles. The van der Waals surface area contributed by atoms with Crippen molar-refractivity contribution < 1.29 is 17.6 Å². The Morgan fingerprint density at radius 1 is 1.10 bits per heavy atom. The van der Waals surface area contributed by atoms with Gasteiger partial charge in [0.2, 0.25) is 15.9 Å². The van der Waals surface area contributed by atoms with Gasteiger partial charge < -0.3 is 4.90 Å². The number of carbonyl (C=O) groups excluding carboxylic acids is 1. The molecule has 0 unspecified atom stereocenters. The van der Waals surface area contributed by atoms with Gasteiger partial charge in [0.15, 0.2) is 0 Å². The van der Waals surface area contributed by atoms with Gasteiger partial charge in [0.05, 0.1) is 6.54 Å². The lowest BCUT2D eigenvalue weighted by Gasteiger charge is -2.35. The molecule has 1 aromatic rings. The van der Waals surface area contributed by atoms with Crippen molar-refractivity contribution in [3.8, 4) is 0 Å². The number of benzene rings is 1. The Hall–Kier alpha value is -1.77. The quantitative estimate of drug-likeness (QED) is 0.708. The lowest BCUT2D eigenvalue weighted by molar-refractivity contribution is -0.131. The largest absolute Gasteiger partial charge is 0.312 e. The van der Waals surface area contributed by atoms with Crippen LogP contribution >= 0.6 is 0 Å². The number of hydrogen-bond donors (Lipinski definition) is 0. The Morgan fingerprint density at radius 3 is 2.45 bits per heavy atom. The van der Waals surface area contributed by atoms with E-state index in [2.05, 4.69) is 6.08 Å². The minimum atomic E-state index is -3.85. The Bertz CT molecular complexity index is 890. The normalized spacial score (nSPS) is 21.6. The number of amides is 1. The number of sulfonamides is 1. The number of piperazine rings is 1. The molecule has 0 atom stereocenters. The molecule has 29 heavy (non-hydrogen) atoms. The van der Waals surface area contributed by atoms with Crippen molar-refractivity contribution in [3.63, 3.8) is 0 Å². The molecule has 1 heterocycles. The summed E-state index contributed by atoms with van der Waals surface area (Å²) in [6, 6.07) is 5.80. The molecule has 0 radical (unpaired) electrons. The van der Waals surface area contributed by atoms with E-state index in [0.29, 0.717) is 25.7 Å². The molecule has 1 aliphatic heterocycles. The van der Waals surface area contributed by atoms with E-state index in [-0.39, 0.29) is 23.9 Å². The first-order valence-electron chi connectivity index (χ1n) is 10.4. The van der Waals surface area contributed by atoms with Crippen LogP contribution in [-0.4, -0.2) is 67.2 Å². The fourth-order valence-electron chi connectivity index (χ4n) is 4.16. The predicted molar refractivity (Wildman–Crippen MR) is 108 cm³/mol. The molecule has 0 spiro atoms. The smallest absolute Gasteiger partial charge is 0.246 e. The zero-order valence-electron chi connectivity index (χ0n) is 16.6. The second-order valence-electron chi connectivity index (χ2n) is 8.05. The van der Waals surface area contributed by atoms with Crippen LogP contribution in [0.15, 0.2) is 40.9 Å². The Balaban J connectivity index is 1.36. The van der Waals surface area contributed by atoms with Crippen LogP contribution in [0.25, 0.3) is 0 Å². The third kappa shape index (κ3) is 4.54. The van der Waals surface area contributed by atoms with E-state index in [1.54, 1.807) is 0 Å².